The Morgan fingerprint density at radius 1 is 1.26 bits per heavy atom. The fourth-order valence-electron chi connectivity index (χ4n) is 2.74. The summed E-state index contributed by atoms with van der Waals surface area (Å²) in [5.41, 5.74) is 1.93. The monoisotopic (exact) mass is 262 g/mol. The van der Waals surface area contributed by atoms with Crippen LogP contribution in [0.4, 0.5) is 0 Å². The van der Waals surface area contributed by atoms with Gasteiger partial charge in [-0.15, -0.1) is 0 Å². The number of hydrogen-bond acceptors (Lipinski definition) is 3. The zero-order valence-electron chi connectivity index (χ0n) is 11.5. The molecule has 0 bridgehead atoms. The normalized spacial score (nSPS) is 18.0. The van der Waals surface area contributed by atoms with Crippen LogP contribution in [0.15, 0.2) is 24.3 Å². The maximum Gasteiger partial charge on any atom is 0.339 e. The highest BCUT2D eigenvalue weighted by atomic mass is 16.5. The van der Waals surface area contributed by atoms with E-state index in [1.165, 1.54) is 37.7 Å². The van der Waals surface area contributed by atoms with Gasteiger partial charge in [-0.25, -0.2) is 4.79 Å². The summed E-state index contributed by atoms with van der Waals surface area (Å²) in [4.78, 5) is 11.5. The number of carbonyl (C=O) groups is 1. The van der Waals surface area contributed by atoms with Crippen molar-refractivity contribution < 1.29 is 14.6 Å². The number of benzene rings is 1. The maximum atomic E-state index is 11.5. The van der Waals surface area contributed by atoms with Crippen molar-refractivity contribution in [1.82, 2.24) is 0 Å². The van der Waals surface area contributed by atoms with E-state index in [9.17, 15) is 9.90 Å². The fourth-order valence-corrected chi connectivity index (χ4v) is 2.74. The molecule has 19 heavy (non-hydrogen) atoms. The number of rotatable bonds is 4. The van der Waals surface area contributed by atoms with E-state index < -0.39 is 12.1 Å². The van der Waals surface area contributed by atoms with Crippen LogP contribution in [0.3, 0.4) is 0 Å². The second kappa shape index (κ2) is 6.71. The minimum atomic E-state index is -1.17. The number of ether oxygens (including phenoxy) is 1. The first kappa shape index (κ1) is 14.1. The van der Waals surface area contributed by atoms with Gasteiger partial charge in [0.05, 0.1) is 6.61 Å². The highest BCUT2D eigenvalue weighted by molar-refractivity contribution is 5.76. The lowest BCUT2D eigenvalue weighted by atomic mass is 9.84. The predicted octanol–water partition coefficient (Wildman–Crippen LogP) is 3.33. The van der Waals surface area contributed by atoms with E-state index in [4.69, 9.17) is 4.74 Å². The number of carbonyl (C=O) groups excluding carboxylic acids is 1. The van der Waals surface area contributed by atoms with E-state index in [2.05, 4.69) is 0 Å². The molecule has 2 rings (SSSR count). The van der Waals surface area contributed by atoms with Gasteiger partial charge in [-0.1, -0.05) is 43.5 Å². The van der Waals surface area contributed by atoms with Crippen LogP contribution in [0.25, 0.3) is 0 Å². The molecule has 0 saturated heterocycles. The van der Waals surface area contributed by atoms with E-state index in [0.29, 0.717) is 11.5 Å². The van der Waals surface area contributed by atoms with Crippen molar-refractivity contribution in [3.63, 3.8) is 0 Å². The second-order valence-corrected chi connectivity index (χ2v) is 5.16. The van der Waals surface area contributed by atoms with Crippen molar-refractivity contribution in [2.45, 2.75) is 51.0 Å². The molecule has 1 unspecified atom stereocenters. The summed E-state index contributed by atoms with van der Waals surface area (Å²) in [5.74, 6) is 0.0652. The van der Waals surface area contributed by atoms with Crippen LogP contribution in [0, 0.1) is 0 Å². The summed E-state index contributed by atoms with van der Waals surface area (Å²) in [6.45, 7) is 2.02. The van der Waals surface area contributed by atoms with Gasteiger partial charge >= 0.3 is 5.97 Å². The summed E-state index contributed by atoms with van der Waals surface area (Å²) >= 11 is 0. The molecule has 1 aliphatic carbocycles. The average Bonchev–Trinajstić information content (AvgIpc) is 2.48. The van der Waals surface area contributed by atoms with Gasteiger partial charge in [0, 0.05) is 0 Å². The molecule has 0 heterocycles. The molecule has 1 saturated carbocycles. The van der Waals surface area contributed by atoms with Gasteiger partial charge in [-0.2, -0.15) is 0 Å². The first-order valence-corrected chi connectivity index (χ1v) is 7.17. The van der Waals surface area contributed by atoms with Crippen LogP contribution in [0.2, 0.25) is 0 Å². The fraction of sp³-hybridized carbons (Fsp3) is 0.562. The second-order valence-electron chi connectivity index (χ2n) is 5.16. The lowest BCUT2D eigenvalue weighted by Gasteiger charge is -2.22. The SMILES string of the molecule is CCOC(=O)C(O)c1ccc(C2CCCCC2)cc1. The third-order valence-electron chi connectivity index (χ3n) is 3.84. The van der Waals surface area contributed by atoms with Crippen molar-refractivity contribution >= 4 is 5.97 Å². The highest BCUT2D eigenvalue weighted by Crippen LogP contribution is 2.33. The highest BCUT2D eigenvalue weighted by Gasteiger charge is 2.20. The van der Waals surface area contributed by atoms with E-state index in [1.807, 2.05) is 24.3 Å². The van der Waals surface area contributed by atoms with E-state index in [0.717, 1.165) is 0 Å². The van der Waals surface area contributed by atoms with Crippen LogP contribution < -0.4 is 0 Å². The van der Waals surface area contributed by atoms with Gasteiger partial charge in [0.25, 0.3) is 0 Å². The Bertz CT molecular complexity index is 405. The van der Waals surface area contributed by atoms with Crippen molar-refractivity contribution in [1.29, 1.82) is 0 Å². The lowest BCUT2D eigenvalue weighted by Crippen LogP contribution is -2.15. The Hall–Kier alpha value is -1.35. The van der Waals surface area contributed by atoms with Crippen LogP contribution in [-0.2, 0) is 9.53 Å². The van der Waals surface area contributed by atoms with Gasteiger partial charge in [0.2, 0.25) is 0 Å². The molecule has 3 nitrogen and oxygen atoms in total. The molecule has 1 N–H and O–H groups in total. The van der Waals surface area contributed by atoms with Gasteiger partial charge in [0.15, 0.2) is 6.10 Å². The van der Waals surface area contributed by atoms with Crippen LogP contribution in [0.1, 0.15) is 62.2 Å². The molecule has 1 aliphatic rings. The quantitative estimate of drug-likeness (QED) is 0.847. The molecule has 0 aliphatic heterocycles. The van der Waals surface area contributed by atoms with Crippen LogP contribution in [0.5, 0.6) is 0 Å². The minimum absolute atomic E-state index is 0.288. The topological polar surface area (TPSA) is 46.5 Å². The van der Waals surface area contributed by atoms with Gasteiger partial charge in [-0.3, -0.25) is 0 Å². The number of hydrogen-bond donors (Lipinski definition) is 1. The third-order valence-corrected chi connectivity index (χ3v) is 3.84. The van der Waals surface area contributed by atoms with Gasteiger partial charge < -0.3 is 9.84 Å². The largest absolute Gasteiger partial charge is 0.464 e. The first-order chi connectivity index (χ1) is 9.22. The minimum Gasteiger partial charge on any atom is -0.464 e. The van der Waals surface area contributed by atoms with Crippen LogP contribution >= 0.6 is 0 Å². The Balaban J connectivity index is 2.03. The smallest absolute Gasteiger partial charge is 0.339 e. The molecule has 1 atom stereocenters. The summed E-state index contributed by atoms with van der Waals surface area (Å²) in [6, 6.07) is 7.75. The number of esters is 1. The molecule has 0 aromatic heterocycles. The van der Waals surface area contributed by atoms with Crippen LogP contribution in [-0.4, -0.2) is 17.7 Å². The maximum absolute atomic E-state index is 11.5. The molecular weight excluding hydrogens is 240 g/mol. The van der Waals surface area contributed by atoms with E-state index in [-0.39, 0.29) is 6.61 Å². The molecule has 0 amide bonds. The summed E-state index contributed by atoms with van der Waals surface area (Å²) in [7, 11) is 0. The molecule has 1 fully saturated rings. The molecule has 0 radical (unpaired) electrons. The molecule has 1 aromatic carbocycles. The third kappa shape index (κ3) is 3.57. The zero-order valence-corrected chi connectivity index (χ0v) is 11.5. The first-order valence-electron chi connectivity index (χ1n) is 7.17. The standard InChI is InChI=1S/C16H22O3/c1-2-19-16(18)15(17)14-10-8-13(9-11-14)12-6-4-3-5-7-12/h8-12,15,17H,2-7H2,1H3. The van der Waals surface area contributed by atoms with Crippen molar-refractivity contribution in [3.8, 4) is 0 Å². The zero-order chi connectivity index (χ0) is 13.7. The van der Waals surface area contributed by atoms with Gasteiger partial charge in [0.1, 0.15) is 0 Å². The molecular formula is C16H22O3. The van der Waals surface area contributed by atoms with E-state index in [1.54, 1.807) is 6.92 Å². The van der Waals surface area contributed by atoms with Gasteiger partial charge in [-0.05, 0) is 36.8 Å². The molecule has 3 heteroatoms. The van der Waals surface area contributed by atoms with Crippen molar-refractivity contribution in [2.24, 2.45) is 0 Å². The Morgan fingerprint density at radius 3 is 2.47 bits per heavy atom. The average molecular weight is 262 g/mol. The molecule has 1 aromatic rings. The summed E-state index contributed by atoms with van der Waals surface area (Å²) in [6.07, 6.45) is 5.28. The predicted molar refractivity (Wildman–Crippen MR) is 73.9 cm³/mol. The Labute approximate surface area is 114 Å². The Morgan fingerprint density at radius 2 is 1.89 bits per heavy atom. The van der Waals surface area contributed by atoms with Crippen molar-refractivity contribution in [2.75, 3.05) is 6.61 Å². The van der Waals surface area contributed by atoms with E-state index >= 15 is 0 Å². The Kier molecular flexibility index (Phi) is 4.97. The number of aliphatic hydroxyl groups is 1. The number of aliphatic hydroxyl groups excluding tert-OH is 1. The molecule has 0 spiro atoms. The summed E-state index contributed by atoms with van der Waals surface area (Å²) < 4.78 is 4.82. The molecule has 104 valence electrons. The lowest BCUT2D eigenvalue weighted by molar-refractivity contribution is -0.153. The summed E-state index contributed by atoms with van der Waals surface area (Å²) in [5, 5.41) is 9.85. The van der Waals surface area contributed by atoms with Crippen molar-refractivity contribution in [3.05, 3.63) is 35.4 Å².